The van der Waals surface area contributed by atoms with Gasteiger partial charge in [0.25, 0.3) is 0 Å². The molecule has 0 saturated carbocycles. The summed E-state index contributed by atoms with van der Waals surface area (Å²) in [5.74, 6) is 0. The van der Waals surface area contributed by atoms with Crippen molar-refractivity contribution in [3.05, 3.63) is 0 Å². The van der Waals surface area contributed by atoms with Crippen LogP contribution in [0.25, 0.3) is 0 Å². The van der Waals surface area contributed by atoms with Gasteiger partial charge in [0.2, 0.25) is 0 Å². The van der Waals surface area contributed by atoms with Crippen LogP contribution >= 0.6 is 0 Å². The van der Waals surface area contributed by atoms with E-state index in [9.17, 15) is 0 Å². The average molecular weight is 1350 g/mol. The Hall–Kier alpha value is -1.20. The molecular weight excluding hydrogens is 1220 g/mol. The van der Waals surface area contributed by atoms with E-state index in [2.05, 4.69) is 0 Å². The topological polar surface area (TPSA) is 277 Å². The van der Waals surface area contributed by atoms with E-state index in [1.54, 1.807) is 14.2 Å². The maximum absolute atomic E-state index is 5.22. The molecule has 0 aliphatic heterocycles. The number of rotatable bonds is 89. The summed E-state index contributed by atoms with van der Waals surface area (Å²) in [5.41, 5.74) is 0. The van der Waals surface area contributed by atoms with Crippen LogP contribution in [-0.2, 0) is 146 Å². The number of ether oxygens (including phenoxy) is 2. The summed E-state index contributed by atoms with van der Waals surface area (Å²) in [6.07, 6.45) is 24.7. The van der Waals surface area contributed by atoms with Gasteiger partial charge < -0.3 is 9.47 Å². The minimum atomic E-state index is 0.482. The zero-order valence-corrected chi connectivity index (χ0v) is 56.7. The molecule has 0 N–H and O–H groups in total. The second-order valence-corrected chi connectivity index (χ2v) is 20.6. The Kier molecular flexibility index (Phi) is 88.6. The monoisotopic (exact) mass is 1350 g/mol. The van der Waals surface area contributed by atoms with E-state index < -0.39 is 0 Å². The Balaban J connectivity index is 3.09. The highest BCUT2D eigenvalue weighted by atomic mass is 17.2. The van der Waals surface area contributed by atoms with Gasteiger partial charge in [-0.3, -0.25) is 0 Å². The van der Waals surface area contributed by atoms with Gasteiger partial charge in [-0.1, -0.05) is 0 Å². The molecule has 0 heterocycles. The normalized spacial score (nSPS) is 11.8. The van der Waals surface area contributed by atoms with Gasteiger partial charge in [-0.2, -0.15) is 0 Å². The largest absolute Gasteiger partial charge is 0.385 e. The van der Waals surface area contributed by atoms with Gasteiger partial charge >= 0.3 is 0 Å². The molecule has 0 saturated heterocycles. The Morgan fingerprint density at radius 2 is 0.141 bits per heavy atom. The lowest BCUT2D eigenvalue weighted by atomic mass is 10.3. The van der Waals surface area contributed by atoms with Gasteiger partial charge in [0.1, 0.15) is 0 Å². The molecular formula is C62H126O30. The van der Waals surface area contributed by atoms with E-state index in [0.29, 0.717) is 185 Å². The summed E-state index contributed by atoms with van der Waals surface area (Å²) >= 11 is 0. The van der Waals surface area contributed by atoms with Crippen molar-refractivity contribution in [1.82, 2.24) is 0 Å². The maximum atomic E-state index is 5.22. The van der Waals surface area contributed by atoms with Crippen LogP contribution < -0.4 is 0 Å². The number of unbranched alkanes of at least 4 members (excludes halogenated alkanes) is 15. The second-order valence-electron chi connectivity index (χ2n) is 20.6. The molecule has 0 radical (unpaired) electrons. The van der Waals surface area contributed by atoms with Crippen LogP contribution in [0.4, 0.5) is 0 Å². The molecule has 0 amide bonds. The molecule has 0 bridgehead atoms. The smallest absolute Gasteiger partial charge is 0.0823 e. The molecule has 0 aromatic heterocycles. The van der Waals surface area contributed by atoms with Gasteiger partial charge in [-0.05, 0) is 193 Å². The lowest BCUT2D eigenvalue weighted by Crippen LogP contribution is -2.05. The van der Waals surface area contributed by atoms with Crippen molar-refractivity contribution < 1.29 is 146 Å². The van der Waals surface area contributed by atoms with Crippen LogP contribution in [0.1, 0.15) is 193 Å². The Bertz CT molecular complexity index is 1160. The zero-order valence-electron chi connectivity index (χ0n) is 56.7. The van der Waals surface area contributed by atoms with E-state index in [4.69, 9.17) is 146 Å². The van der Waals surface area contributed by atoms with Crippen molar-refractivity contribution in [3.8, 4) is 0 Å². The summed E-state index contributed by atoms with van der Waals surface area (Å²) < 4.78 is 9.97. The first-order valence-corrected chi connectivity index (χ1v) is 34.3. The van der Waals surface area contributed by atoms with E-state index in [0.717, 1.165) is 206 Å². The third-order valence-electron chi connectivity index (χ3n) is 12.0. The molecule has 0 aromatic rings. The van der Waals surface area contributed by atoms with Crippen LogP contribution in [0, 0.1) is 0 Å². The summed E-state index contributed by atoms with van der Waals surface area (Å²) in [4.78, 5) is 145. The highest BCUT2D eigenvalue weighted by molar-refractivity contribution is 4.44. The molecule has 0 aliphatic carbocycles. The van der Waals surface area contributed by atoms with Crippen molar-refractivity contribution in [2.24, 2.45) is 0 Å². The summed E-state index contributed by atoms with van der Waals surface area (Å²) in [6, 6.07) is 0. The first-order valence-electron chi connectivity index (χ1n) is 34.3. The second kappa shape index (κ2) is 89.8. The molecule has 0 rings (SSSR count). The van der Waals surface area contributed by atoms with E-state index >= 15 is 0 Å². The Morgan fingerprint density at radius 1 is 0.0870 bits per heavy atom. The van der Waals surface area contributed by atoms with Crippen molar-refractivity contribution in [1.29, 1.82) is 0 Å². The quantitative estimate of drug-likeness (QED) is 0.0311. The molecule has 0 atom stereocenters. The van der Waals surface area contributed by atoms with E-state index in [1.165, 1.54) is 0 Å². The van der Waals surface area contributed by atoms with Crippen LogP contribution in [0.3, 0.4) is 0 Å². The molecule has 554 valence electrons. The number of hydrogen-bond donors (Lipinski definition) is 0. The lowest BCUT2D eigenvalue weighted by Gasteiger charge is -2.07. The number of hydrogen-bond acceptors (Lipinski definition) is 30. The molecule has 92 heavy (non-hydrogen) atoms. The highest BCUT2D eigenvalue weighted by Gasteiger charge is 2.03. The maximum Gasteiger partial charge on any atom is 0.0823 e. The summed E-state index contributed by atoms with van der Waals surface area (Å²) in [6.45, 7) is 15.5. The molecule has 30 heteroatoms. The van der Waals surface area contributed by atoms with Crippen LogP contribution in [0.15, 0.2) is 0 Å². The fraction of sp³-hybridized carbons (Fsp3) is 1.00. The first kappa shape index (κ1) is 90.8. The third kappa shape index (κ3) is 88.8. The number of methoxy groups -OCH3 is 2. The van der Waals surface area contributed by atoms with Crippen molar-refractivity contribution >= 4 is 0 Å². The fourth-order valence-electron chi connectivity index (χ4n) is 6.65. The van der Waals surface area contributed by atoms with Crippen LogP contribution in [0.2, 0.25) is 0 Å². The van der Waals surface area contributed by atoms with Crippen molar-refractivity contribution in [2.45, 2.75) is 193 Å². The van der Waals surface area contributed by atoms with Crippen molar-refractivity contribution in [3.63, 3.8) is 0 Å². The predicted molar refractivity (Wildman–Crippen MR) is 329 cm³/mol. The first-order chi connectivity index (χ1) is 45.9. The lowest BCUT2D eigenvalue weighted by molar-refractivity contribution is -0.312. The Labute approximate surface area is 549 Å². The predicted octanol–water partition coefficient (Wildman–Crippen LogP) is 11.3. The van der Waals surface area contributed by atoms with Gasteiger partial charge in [0.05, 0.1) is 185 Å². The van der Waals surface area contributed by atoms with Crippen LogP contribution in [-0.4, -0.2) is 212 Å². The van der Waals surface area contributed by atoms with Gasteiger partial charge in [0, 0.05) is 27.4 Å². The molecule has 0 aliphatic rings. The van der Waals surface area contributed by atoms with E-state index in [1.807, 2.05) is 0 Å². The average Bonchev–Trinajstić information content (AvgIpc) is 3.57. The Morgan fingerprint density at radius 3 is 0.196 bits per heavy atom. The van der Waals surface area contributed by atoms with Crippen molar-refractivity contribution in [2.75, 3.05) is 212 Å². The molecule has 0 aromatic carbocycles. The molecule has 0 unspecified atom stereocenters. The van der Waals surface area contributed by atoms with E-state index in [-0.39, 0.29) is 0 Å². The molecule has 0 fully saturated rings. The fourth-order valence-corrected chi connectivity index (χ4v) is 6.65. The summed E-state index contributed by atoms with van der Waals surface area (Å²) in [5, 5.41) is 0. The van der Waals surface area contributed by atoms with Gasteiger partial charge in [0.15, 0.2) is 0 Å². The summed E-state index contributed by atoms with van der Waals surface area (Å²) in [7, 11) is 3.38. The molecule has 30 nitrogen and oxygen atoms in total. The van der Waals surface area contributed by atoms with Crippen LogP contribution in [0.5, 0.6) is 0 Å². The zero-order chi connectivity index (χ0) is 65.6. The minimum absolute atomic E-state index is 0.482. The SMILES string of the molecule is COCCCCOOCCCCOOCCCCOOCCCCOOCCCCOOCCCCOOCCCCOOCCCCOOCCCCOOCCCCOOCCCCOOCCCCOOCCCCOOCCCCOOCCCCOC. The molecule has 0 spiro atoms. The highest BCUT2D eigenvalue weighted by Crippen LogP contribution is 2.05. The van der Waals surface area contributed by atoms with Gasteiger partial charge in [-0.25, -0.2) is 137 Å². The standard InChI is InChI=1S/C62H126O30/c1-63-33-3-5-35-65-67-37-7-9-39-69-71-41-11-13-43-73-75-45-15-17-47-77-79-49-19-21-51-81-83-53-23-25-55-85-87-57-27-29-59-89-91-61-31-32-62-92-90-60-30-28-58-88-86-56-26-24-54-84-82-52-22-20-50-80-78-48-18-16-46-76-74-44-14-12-42-72-70-40-10-8-38-68-66-36-6-4-34-64-2/h3-62H2,1-2H3. The minimum Gasteiger partial charge on any atom is -0.385 e. The van der Waals surface area contributed by atoms with Gasteiger partial charge in [-0.15, -0.1) is 0 Å². The third-order valence-corrected chi connectivity index (χ3v) is 12.0.